The van der Waals surface area contributed by atoms with Crippen molar-refractivity contribution in [3.8, 4) is 10.4 Å². The summed E-state index contributed by atoms with van der Waals surface area (Å²) in [7, 11) is 2.15. The highest BCUT2D eigenvalue weighted by Crippen LogP contribution is 2.32. The fourth-order valence-corrected chi connectivity index (χ4v) is 4.56. The van der Waals surface area contributed by atoms with Crippen LogP contribution in [0, 0.1) is 13.8 Å². The molecule has 2 nitrogen and oxygen atoms in total. The zero-order chi connectivity index (χ0) is 19.0. The predicted octanol–water partition coefficient (Wildman–Crippen LogP) is 5.84. The van der Waals surface area contributed by atoms with Crippen LogP contribution in [0.25, 0.3) is 22.6 Å². The molecule has 0 aliphatic carbocycles. The maximum atomic E-state index is 2.33. The maximum Gasteiger partial charge on any atom is 0.264 e. The third-order valence-electron chi connectivity index (χ3n) is 5.08. The molecule has 136 valence electrons. The highest BCUT2D eigenvalue weighted by Gasteiger charge is 2.19. The van der Waals surface area contributed by atoms with E-state index in [0.29, 0.717) is 0 Å². The minimum absolute atomic E-state index is 0.963. The van der Waals surface area contributed by atoms with Crippen LogP contribution >= 0.6 is 11.3 Å². The Morgan fingerprint density at radius 3 is 2.48 bits per heavy atom. The monoisotopic (exact) mass is 373 g/mol. The Balaban J connectivity index is 1.72. The molecule has 1 aliphatic heterocycles. The van der Waals surface area contributed by atoms with E-state index in [-0.39, 0.29) is 0 Å². The summed E-state index contributed by atoms with van der Waals surface area (Å²) in [5.74, 6) is 0. The third-order valence-corrected chi connectivity index (χ3v) is 6.21. The number of benzene rings is 2. The second kappa shape index (κ2) is 7.16. The quantitative estimate of drug-likeness (QED) is 0.523. The van der Waals surface area contributed by atoms with E-state index in [1.54, 1.807) is 0 Å². The number of anilines is 1. The van der Waals surface area contributed by atoms with E-state index >= 15 is 0 Å². The van der Waals surface area contributed by atoms with Gasteiger partial charge in [-0.05, 0) is 50.1 Å². The van der Waals surface area contributed by atoms with Gasteiger partial charge in [0.05, 0.1) is 0 Å². The molecule has 0 amide bonds. The number of aryl methyl sites for hydroxylation is 3. The van der Waals surface area contributed by atoms with E-state index in [4.69, 9.17) is 0 Å². The summed E-state index contributed by atoms with van der Waals surface area (Å²) in [4.78, 5) is 3.59. The summed E-state index contributed by atoms with van der Waals surface area (Å²) in [5, 5.41) is 1.27. The molecule has 0 unspecified atom stereocenters. The number of likely N-dealkylation sites (N-methyl/N-ethyl adjacent to an activating group) is 1. The molecule has 0 bridgehead atoms. The second-order valence-electron chi connectivity index (χ2n) is 7.11. The largest absolute Gasteiger partial charge is 0.344 e. The normalized spacial score (nSPS) is 14.7. The third kappa shape index (κ3) is 3.47. The molecule has 1 aromatic heterocycles. The SMILES string of the molecule is CC[n+]1cc(-c2ccc(C)cc2)sc1C=C1C=Cc2cc(C)ccc2N1C. The Labute approximate surface area is 165 Å². The zero-order valence-corrected chi connectivity index (χ0v) is 17.2. The highest BCUT2D eigenvalue weighted by molar-refractivity contribution is 7.15. The van der Waals surface area contributed by atoms with E-state index in [1.807, 2.05) is 11.3 Å². The highest BCUT2D eigenvalue weighted by atomic mass is 32.1. The molecule has 0 N–H and O–H groups in total. The van der Waals surface area contributed by atoms with Crippen LogP contribution in [0.1, 0.15) is 28.6 Å². The first-order chi connectivity index (χ1) is 13.0. The lowest BCUT2D eigenvalue weighted by Gasteiger charge is -2.26. The minimum atomic E-state index is 0.963. The molecule has 0 saturated heterocycles. The van der Waals surface area contributed by atoms with Crippen LogP contribution < -0.4 is 9.47 Å². The number of rotatable bonds is 3. The van der Waals surface area contributed by atoms with Crippen LogP contribution in [0.15, 0.2) is 60.4 Å². The van der Waals surface area contributed by atoms with Gasteiger partial charge < -0.3 is 4.90 Å². The van der Waals surface area contributed by atoms with Crippen molar-refractivity contribution >= 4 is 29.2 Å². The average Bonchev–Trinajstić information content (AvgIpc) is 3.07. The molecule has 3 aromatic rings. The number of thiazole rings is 1. The van der Waals surface area contributed by atoms with Gasteiger partial charge >= 0.3 is 0 Å². The van der Waals surface area contributed by atoms with Crippen molar-refractivity contribution in [2.24, 2.45) is 0 Å². The fraction of sp³-hybridized carbons (Fsp3) is 0.208. The molecule has 2 aromatic carbocycles. The van der Waals surface area contributed by atoms with Crippen LogP contribution in [-0.4, -0.2) is 7.05 Å². The molecule has 3 heteroatoms. The topological polar surface area (TPSA) is 7.12 Å². The minimum Gasteiger partial charge on any atom is -0.344 e. The van der Waals surface area contributed by atoms with Gasteiger partial charge in [-0.15, -0.1) is 0 Å². The number of aromatic nitrogens is 1. The first-order valence-electron chi connectivity index (χ1n) is 9.39. The number of nitrogens with zero attached hydrogens (tertiary/aromatic N) is 2. The van der Waals surface area contributed by atoms with Gasteiger partial charge in [-0.3, -0.25) is 0 Å². The number of allylic oxidation sites excluding steroid dienone is 1. The lowest BCUT2D eigenvalue weighted by atomic mass is 10.0. The van der Waals surface area contributed by atoms with Gasteiger partial charge in [-0.1, -0.05) is 58.9 Å². The first kappa shape index (κ1) is 17.7. The number of fused-ring (bicyclic) bond motifs is 1. The average molecular weight is 374 g/mol. The Morgan fingerprint density at radius 1 is 1.00 bits per heavy atom. The van der Waals surface area contributed by atoms with Gasteiger partial charge in [0, 0.05) is 24.5 Å². The Bertz CT molecular complexity index is 1040. The van der Waals surface area contributed by atoms with E-state index in [2.05, 4.69) is 104 Å². The molecule has 4 rings (SSSR count). The number of hydrogen-bond acceptors (Lipinski definition) is 2. The van der Waals surface area contributed by atoms with Crippen molar-refractivity contribution in [3.63, 3.8) is 0 Å². The molecule has 0 atom stereocenters. The zero-order valence-electron chi connectivity index (χ0n) is 16.4. The van der Waals surface area contributed by atoms with Gasteiger partial charge in [0.2, 0.25) is 0 Å². The van der Waals surface area contributed by atoms with Crippen molar-refractivity contribution in [1.29, 1.82) is 0 Å². The van der Waals surface area contributed by atoms with Crippen LogP contribution in [0.2, 0.25) is 0 Å². The lowest BCUT2D eigenvalue weighted by molar-refractivity contribution is -0.690. The van der Waals surface area contributed by atoms with Gasteiger partial charge in [0.25, 0.3) is 5.01 Å². The van der Waals surface area contributed by atoms with E-state index < -0.39 is 0 Å². The Morgan fingerprint density at radius 2 is 1.74 bits per heavy atom. The number of hydrogen-bond donors (Lipinski definition) is 0. The molecular weight excluding hydrogens is 348 g/mol. The molecule has 27 heavy (non-hydrogen) atoms. The molecular formula is C24H25N2S+. The lowest BCUT2D eigenvalue weighted by Crippen LogP contribution is -2.32. The van der Waals surface area contributed by atoms with E-state index in [1.165, 1.54) is 43.5 Å². The molecule has 0 fully saturated rings. The summed E-state index contributed by atoms with van der Waals surface area (Å²) < 4.78 is 2.33. The van der Waals surface area contributed by atoms with Crippen LogP contribution in [-0.2, 0) is 6.54 Å². The summed E-state index contributed by atoms with van der Waals surface area (Å²) in [5.41, 5.74) is 7.63. The van der Waals surface area contributed by atoms with E-state index in [0.717, 1.165) is 6.54 Å². The van der Waals surface area contributed by atoms with Crippen molar-refractivity contribution in [3.05, 3.63) is 82.1 Å². The van der Waals surface area contributed by atoms with Crippen molar-refractivity contribution in [2.45, 2.75) is 27.3 Å². The van der Waals surface area contributed by atoms with Crippen molar-refractivity contribution < 1.29 is 4.57 Å². The van der Waals surface area contributed by atoms with Crippen molar-refractivity contribution in [1.82, 2.24) is 0 Å². The van der Waals surface area contributed by atoms with Gasteiger partial charge in [-0.2, -0.15) is 4.57 Å². The fourth-order valence-electron chi connectivity index (χ4n) is 3.42. The van der Waals surface area contributed by atoms with Gasteiger partial charge in [0.1, 0.15) is 11.4 Å². The second-order valence-corrected chi connectivity index (χ2v) is 8.17. The molecule has 0 radical (unpaired) electrons. The summed E-state index contributed by atoms with van der Waals surface area (Å²) in [6.07, 6.45) is 9.00. The summed E-state index contributed by atoms with van der Waals surface area (Å²) in [6, 6.07) is 15.4. The molecule has 2 heterocycles. The maximum absolute atomic E-state index is 2.33. The standard InChI is InChI=1S/C24H25N2S/c1-5-26-16-23(19-9-6-17(2)7-10-19)27-24(26)15-21-12-11-20-14-18(3)8-13-22(20)25(21)4/h6-16H,5H2,1-4H3/q+1. The first-order valence-corrected chi connectivity index (χ1v) is 10.2. The summed E-state index contributed by atoms with van der Waals surface area (Å²) >= 11 is 1.85. The molecule has 0 spiro atoms. The van der Waals surface area contributed by atoms with Crippen LogP contribution in [0.5, 0.6) is 0 Å². The molecule has 0 saturated carbocycles. The van der Waals surface area contributed by atoms with E-state index in [9.17, 15) is 0 Å². The summed E-state index contributed by atoms with van der Waals surface area (Å²) in [6.45, 7) is 7.43. The Hall–Kier alpha value is -2.65. The van der Waals surface area contributed by atoms with Crippen LogP contribution in [0.4, 0.5) is 5.69 Å². The smallest absolute Gasteiger partial charge is 0.264 e. The van der Waals surface area contributed by atoms with Gasteiger partial charge in [0.15, 0.2) is 6.20 Å². The van der Waals surface area contributed by atoms with Crippen LogP contribution in [0.3, 0.4) is 0 Å². The van der Waals surface area contributed by atoms with Crippen molar-refractivity contribution in [2.75, 3.05) is 11.9 Å². The Kier molecular flexibility index (Phi) is 4.71. The van der Waals surface area contributed by atoms with Gasteiger partial charge in [-0.25, -0.2) is 0 Å². The predicted molar refractivity (Wildman–Crippen MR) is 117 cm³/mol. The molecule has 1 aliphatic rings.